The van der Waals surface area contributed by atoms with Gasteiger partial charge in [-0.3, -0.25) is 9.59 Å². The van der Waals surface area contributed by atoms with E-state index in [9.17, 15) is 14.7 Å². The molecule has 0 saturated carbocycles. The van der Waals surface area contributed by atoms with Crippen molar-refractivity contribution in [3.05, 3.63) is 144 Å². The van der Waals surface area contributed by atoms with Gasteiger partial charge in [0.15, 0.2) is 6.29 Å². The summed E-state index contributed by atoms with van der Waals surface area (Å²) in [6, 6.07) is 37.3. The Morgan fingerprint density at radius 3 is 2.31 bits per heavy atom. The summed E-state index contributed by atoms with van der Waals surface area (Å²) in [5.41, 5.74) is 12.9. The van der Waals surface area contributed by atoms with Gasteiger partial charge in [0.2, 0.25) is 11.8 Å². The molecule has 2 amide bonds. The second-order valence-electron chi connectivity index (χ2n) is 12.8. The number of anilines is 2. The van der Waals surface area contributed by atoms with Crippen molar-refractivity contribution in [2.24, 2.45) is 0 Å². The second-order valence-corrected chi connectivity index (χ2v) is 13.8. The van der Waals surface area contributed by atoms with Gasteiger partial charge in [0.05, 0.1) is 35.2 Å². The average Bonchev–Trinajstić information content (AvgIpc) is 3.19. The highest BCUT2D eigenvalue weighted by atomic mass is 32.2. The molecular weight excluding hydrogens is 673 g/mol. The van der Waals surface area contributed by atoms with E-state index in [1.807, 2.05) is 78.9 Å². The fourth-order valence-corrected chi connectivity index (χ4v) is 6.92. The highest BCUT2D eigenvalue weighted by Gasteiger charge is 2.32. The van der Waals surface area contributed by atoms with Crippen molar-refractivity contribution in [3.63, 3.8) is 0 Å². The van der Waals surface area contributed by atoms with Gasteiger partial charge in [-0.1, -0.05) is 78.9 Å². The SMILES string of the molecule is Nc1ccccc1NC(=O)CCCCC(=O)NCc1cccc(-c2cccc([C@@H]3O[C@H](CSc4ccccn4)C[C@H](c4ccc(CO)cc4)O3)c2)c1. The zero-order valence-electron chi connectivity index (χ0n) is 28.9. The molecule has 1 aliphatic heterocycles. The third kappa shape index (κ3) is 10.5. The molecule has 1 fully saturated rings. The van der Waals surface area contributed by atoms with Crippen molar-refractivity contribution in [1.82, 2.24) is 10.3 Å². The molecule has 4 aromatic carbocycles. The molecule has 10 heteroatoms. The number of rotatable bonds is 15. The zero-order chi connectivity index (χ0) is 36.1. The molecule has 2 heterocycles. The number of nitrogen functional groups attached to an aromatic ring is 1. The minimum atomic E-state index is -0.574. The first kappa shape index (κ1) is 36.8. The molecule has 1 saturated heterocycles. The smallest absolute Gasteiger partial charge is 0.224 e. The highest BCUT2D eigenvalue weighted by molar-refractivity contribution is 7.99. The Labute approximate surface area is 309 Å². The Kier molecular flexibility index (Phi) is 13.1. The Hall–Kier alpha value is -5.00. The maximum absolute atomic E-state index is 12.6. The van der Waals surface area contributed by atoms with Crippen LogP contribution in [0.5, 0.6) is 0 Å². The number of aliphatic hydroxyl groups is 1. The number of carbonyl (C=O) groups excluding carboxylic acids is 2. The molecule has 6 rings (SSSR count). The Morgan fingerprint density at radius 1 is 0.788 bits per heavy atom. The quantitative estimate of drug-likeness (QED) is 0.0487. The summed E-state index contributed by atoms with van der Waals surface area (Å²) < 4.78 is 13.2. The molecule has 1 aliphatic rings. The van der Waals surface area contributed by atoms with Gasteiger partial charge < -0.3 is 30.9 Å². The van der Waals surface area contributed by atoms with Crippen LogP contribution in [-0.4, -0.2) is 33.8 Å². The molecule has 0 aliphatic carbocycles. The number of amides is 2. The number of pyridine rings is 1. The van der Waals surface area contributed by atoms with Crippen LogP contribution < -0.4 is 16.4 Å². The summed E-state index contributed by atoms with van der Waals surface area (Å²) in [4.78, 5) is 29.3. The van der Waals surface area contributed by atoms with E-state index >= 15 is 0 Å². The van der Waals surface area contributed by atoms with Gasteiger partial charge in [0.1, 0.15) is 0 Å². The lowest BCUT2D eigenvalue weighted by Gasteiger charge is -2.36. The number of ether oxygens (including phenoxy) is 2. The number of carbonyl (C=O) groups is 2. The third-order valence-electron chi connectivity index (χ3n) is 8.87. The molecule has 0 unspecified atom stereocenters. The molecule has 9 nitrogen and oxygen atoms in total. The topological polar surface area (TPSA) is 136 Å². The van der Waals surface area contributed by atoms with Crippen LogP contribution in [0.4, 0.5) is 11.4 Å². The molecule has 5 aromatic rings. The minimum Gasteiger partial charge on any atom is -0.397 e. The van der Waals surface area contributed by atoms with Gasteiger partial charge in [0, 0.05) is 43.3 Å². The molecule has 0 radical (unpaired) electrons. The lowest BCUT2D eigenvalue weighted by atomic mass is 9.99. The summed E-state index contributed by atoms with van der Waals surface area (Å²) in [7, 11) is 0. The lowest BCUT2D eigenvalue weighted by molar-refractivity contribution is -0.245. The number of nitrogens with one attached hydrogen (secondary N) is 2. The first-order valence-electron chi connectivity index (χ1n) is 17.6. The molecule has 0 bridgehead atoms. The third-order valence-corrected chi connectivity index (χ3v) is 9.95. The summed E-state index contributed by atoms with van der Waals surface area (Å²) >= 11 is 1.67. The van der Waals surface area contributed by atoms with Gasteiger partial charge in [-0.15, -0.1) is 11.8 Å². The average molecular weight is 717 g/mol. The van der Waals surface area contributed by atoms with Crippen molar-refractivity contribution < 1.29 is 24.2 Å². The number of benzene rings is 4. The normalized spacial score (nSPS) is 17.0. The number of aromatic nitrogens is 1. The van der Waals surface area contributed by atoms with Crippen LogP contribution in [0, 0.1) is 0 Å². The largest absolute Gasteiger partial charge is 0.397 e. The van der Waals surface area contributed by atoms with E-state index in [1.165, 1.54) is 0 Å². The van der Waals surface area contributed by atoms with E-state index in [0.29, 0.717) is 50.0 Å². The first-order valence-corrected chi connectivity index (χ1v) is 18.6. The van der Waals surface area contributed by atoms with Gasteiger partial charge in [0.25, 0.3) is 0 Å². The van der Waals surface area contributed by atoms with E-state index in [0.717, 1.165) is 44.2 Å². The van der Waals surface area contributed by atoms with Gasteiger partial charge in [-0.25, -0.2) is 4.98 Å². The van der Waals surface area contributed by atoms with E-state index in [1.54, 1.807) is 30.1 Å². The Morgan fingerprint density at radius 2 is 1.54 bits per heavy atom. The van der Waals surface area contributed by atoms with Crippen LogP contribution in [0.2, 0.25) is 0 Å². The number of nitrogens with two attached hydrogens (primary N) is 1. The molecule has 5 N–H and O–H groups in total. The van der Waals surface area contributed by atoms with E-state index in [2.05, 4.69) is 39.9 Å². The predicted molar refractivity (Wildman–Crippen MR) is 205 cm³/mol. The number of hydrogen-bond acceptors (Lipinski definition) is 8. The molecular formula is C42H44N4O5S. The van der Waals surface area contributed by atoms with Gasteiger partial charge >= 0.3 is 0 Å². The lowest BCUT2D eigenvalue weighted by Crippen LogP contribution is -2.31. The summed E-state index contributed by atoms with van der Waals surface area (Å²) in [6.07, 6.45) is 3.55. The van der Waals surface area contributed by atoms with Gasteiger partial charge in [-0.05, 0) is 77.1 Å². The fourth-order valence-electron chi connectivity index (χ4n) is 6.04. The van der Waals surface area contributed by atoms with Crippen molar-refractivity contribution in [2.75, 3.05) is 16.8 Å². The number of unbranched alkanes of at least 4 members (excludes halogenated alkanes) is 1. The number of thioether (sulfide) groups is 1. The first-order chi connectivity index (χ1) is 25.4. The Balaban J connectivity index is 1.05. The molecule has 268 valence electrons. The Bertz CT molecular complexity index is 1920. The molecule has 52 heavy (non-hydrogen) atoms. The number of aliphatic hydroxyl groups excluding tert-OH is 1. The van der Waals surface area contributed by atoms with Crippen LogP contribution in [0.1, 0.15) is 66.8 Å². The maximum atomic E-state index is 12.6. The van der Waals surface area contributed by atoms with E-state index in [-0.39, 0.29) is 30.6 Å². The van der Waals surface area contributed by atoms with Crippen molar-refractivity contribution >= 4 is 35.0 Å². The van der Waals surface area contributed by atoms with Crippen LogP contribution in [-0.2, 0) is 32.2 Å². The molecule has 3 atom stereocenters. The van der Waals surface area contributed by atoms with Crippen LogP contribution in [0.15, 0.2) is 126 Å². The van der Waals surface area contributed by atoms with Crippen LogP contribution in [0.3, 0.4) is 0 Å². The van der Waals surface area contributed by atoms with E-state index in [4.69, 9.17) is 15.2 Å². The monoisotopic (exact) mass is 716 g/mol. The van der Waals surface area contributed by atoms with Crippen molar-refractivity contribution in [1.29, 1.82) is 0 Å². The second kappa shape index (κ2) is 18.5. The van der Waals surface area contributed by atoms with Gasteiger partial charge in [-0.2, -0.15) is 0 Å². The van der Waals surface area contributed by atoms with E-state index < -0.39 is 6.29 Å². The number of para-hydroxylation sites is 2. The maximum Gasteiger partial charge on any atom is 0.224 e. The van der Waals surface area contributed by atoms with Crippen molar-refractivity contribution in [2.45, 2.75) is 68.8 Å². The number of nitrogens with zero attached hydrogens (tertiary/aromatic N) is 1. The minimum absolute atomic E-state index is 0.00473. The summed E-state index contributed by atoms with van der Waals surface area (Å²) in [5, 5.41) is 16.3. The van der Waals surface area contributed by atoms with Crippen LogP contribution in [0.25, 0.3) is 11.1 Å². The summed E-state index contributed by atoms with van der Waals surface area (Å²) in [5.74, 6) is 0.561. The summed E-state index contributed by atoms with van der Waals surface area (Å²) in [6.45, 7) is 0.399. The van der Waals surface area contributed by atoms with Crippen molar-refractivity contribution in [3.8, 4) is 11.1 Å². The fraction of sp³-hybridized carbons (Fsp3) is 0.262. The van der Waals surface area contributed by atoms with Crippen LogP contribution >= 0.6 is 11.8 Å². The standard InChI is InChI=1S/C42H44N4O5S/c43-36-13-1-2-14-37(36)46-40(49)16-4-3-15-39(48)45-26-30-9-7-10-32(23-30)33-11-8-12-34(24-33)42-50-35(28-52-41-17-5-6-22-44-41)25-38(51-42)31-20-18-29(27-47)19-21-31/h1-2,5-14,17-24,35,38,42,47H,3-4,15-16,25-28,43H2,(H,45,48)(H,46,49)/t35-,38+,42+/m0/s1. The highest BCUT2D eigenvalue weighted by Crippen LogP contribution is 2.40. The molecule has 1 aromatic heterocycles. The number of hydrogen-bond donors (Lipinski definition) is 4. The molecule has 0 spiro atoms. The predicted octanol–water partition coefficient (Wildman–Crippen LogP) is 7.98. The zero-order valence-corrected chi connectivity index (χ0v) is 29.8.